The standard InChI is InChI=1S/C35H37N3O4/c1-21-4-2-7-27-16-32(40)24-10-12-28-22(14-24)11-13-31(39)34(28)42-19-26-6-3-5-25-17-38(18-29(25)26)35-30(20-41-27)23(9-8-21)15-33(36)37-35/h3,5-6,10-13,15,17-18,21,24,27,32-33,37,39-40H,2,4,7,14,16,19-20,36H2,1H3. The molecule has 42 heavy (non-hydrogen) atoms. The second kappa shape index (κ2) is 11.0. The number of phenols is 1. The first-order valence-electron chi connectivity index (χ1n) is 15.0. The smallest absolute Gasteiger partial charge is 0.168 e. The monoisotopic (exact) mass is 563 g/mol. The summed E-state index contributed by atoms with van der Waals surface area (Å²) in [5.74, 6) is 8.49. The molecule has 0 saturated carbocycles. The minimum absolute atomic E-state index is 0.0533. The summed E-state index contributed by atoms with van der Waals surface area (Å²) in [5.41, 5.74) is 11.3. The fraction of sp³-hybridized carbons (Fsp3) is 0.371. The Morgan fingerprint density at radius 2 is 2.00 bits per heavy atom. The minimum atomic E-state index is -0.569. The highest BCUT2D eigenvalue weighted by molar-refractivity contribution is 5.87. The van der Waals surface area contributed by atoms with Crippen LogP contribution in [-0.2, 0) is 17.8 Å². The lowest BCUT2D eigenvalue weighted by molar-refractivity contribution is 0.00693. The normalized spacial score (nSPS) is 27.3. The van der Waals surface area contributed by atoms with Crippen molar-refractivity contribution >= 4 is 22.7 Å². The molecule has 5 unspecified atom stereocenters. The second-order valence-corrected chi connectivity index (χ2v) is 12.0. The van der Waals surface area contributed by atoms with Gasteiger partial charge in [-0.3, -0.25) is 0 Å². The Balaban J connectivity index is 1.38. The fourth-order valence-corrected chi connectivity index (χ4v) is 6.61. The van der Waals surface area contributed by atoms with Gasteiger partial charge in [0.15, 0.2) is 11.5 Å². The van der Waals surface area contributed by atoms with Gasteiger partial charge in [-0.05, 0) is 49.0 Å². The van der Waals surface area contributed by atoms with Gasteiger partial charge in [0.25, 0.3) is 0 Å². The molecule has 5 heterocycles. The predicted octanol–water partition coefficient (Wildman–Crippen LogP) is 5.07. The molecule has 216 valence electrons. The topological polar surface area (TPSA) is 102 Å². The maximum Gasteiger partial charge on any atom is 0.168 e. The Morgan fingerprint density at radius 1 is 1.10 bits per heavy atom. The van der Waals surface area contributed by atoms with Crippen molar-refractivity contribution in [2.45, 2.75) is 64.0 Å². The Kier molecular flexibility index (Phi) is 7.07. The number of nitrogens with two attached hydrogens (primary N) is 1. The average Bonchev–Trinajstić information content (AvgIpc) is 3.41. The zero-order valence-corrected chi connectivity index (χ0v) is 23.8. The molecule has 1 aromatic heterocycles. The number of hydrogen-bond acceptors (Lipinski definition) is 6. The number of fused-ring (bicyclic) bond motifs is 2. The SMILES string of the molecule is CC1C#CC2=CC(N)NC3=C2COC(CCC1)CC(O)C1C=Cc2c(ccc(O)c2OCc2cccc4cn3cc24)C1. The van der Waals surface area contributed by atoms with Gasteiger partial charge in [-0.15, -0.1) is 0 Å². The van der Waals surface area contributed by atoms with E-state index in [2.05, 4.69) is 59.3 Å². The quantitative estimate of drug-likeness (QED) is 0.285. The summed E-state index contributed by atoms with van der Waals surface area (Å²) in [6.07, 6.45) is 13.1. The molecule has 0 radical (unpaired) electrons. The first-order chi connectivity index (χ1) is 20.4. The number of aliphatic hydroxyl groups excluding tert-OH is 1. The Hall–Kier alpha value is -3.96. The third-order valence-electron chi connectivity index (χ3n) is 8.98. The summed E-state index contributed by atoms with van der Waals surface area (Å²) in [6, 6.07) is 9.79. The minimum Gasteiger partial charge on any atom is -0.504 e. The first kappa shape index (κ1) is 26.9. The highest BCUT2D eigenvalue weighted by Crippen LogP contribution is 2.40. The van der Waals surface area contributed by atoms with Crippen LogP contribution in [0.2, 0.25) is 0 Å². The van der Waals surface area contributed by atoms with Gasteiger partial charge in [-0.1, -0.05) is 55.2 Å². The molecule has 5 aliphatic rings. The number of nitrogens with zero attached hydrogens (tertiary/aromatic N) is 1. The number of aromatic nitrogens is 1. The lowest BCUT2D eigenvalue weighted by Gasteiger charge is -2.30. The largest absolute Gasteiger partial charge is 0.504 e. The highest BCUT2D eigenvalue weighted by Gasteiger charge is 2.29. The van der Waals surface area contributed by atoms with Crippen LogP contribution in [0.1, 0.15) is 49.3 Å². The van der Waals surface area contributed by atoms with Crippen LogP contribution in [0.25, 0.3) is 22.7 Å². The van der Waals surface area contributed by atoms with Crippen molar-refractivity contribution in [3.05, 3.63) is 82.7 Å². The van der Waals surface area contributed by atoms with Crippen molar-refractivity contribution in [1.29, 1.82) is 0 Å². The van der Waals surface area contributed by atoms with E-state index in [1.807, 2.05) is 24.3 Å². The number of hydrogen-bond donors (Lipinski definition) is 4. The lowest BCUT2D eigenvalue weighted by Crippen LogP contribution is -2.40. The van der Waals surface area contributed by atoms with E-state index in [1.165, 1.54) is 0 Å². The molecule has 1 aliphatic carbocycles. The molecule has 4 aliphatic heterocycles. The molecule has 8 bridgehead atoms. The number of nitrogens with one attached hydrogen (secondary N) is 1. The first-order valence-corrected chi connectivity index (χ1v) is 15.0. The third-order valence-corrected chi connectivity index (χ3v) is 8.98. The van der Waals surface area contributed by atoms with Gasteiger partial charge in [-0.2, -0.15) is 0 Å². The molecule has 7 heteroatoms. The van der Waals surface area contributed by atoms with Gasteiger partial charge in [0.1, 0.15) is 12.4 Å². The van der Waals surface area contributed by atoms with Crippen LogP contribution in [-0.4, -0.2) is 39.8 Å². The molecule has 5 N–H and O–H groups in total. The van der Waals surface area contributed by atoms with Gasteiger partial charge >= 0.3 is 0 Å². The Bertz CT molecular complexity index is 1690. The molecular weight excluding hydrogens is 526 g/mol. The van der Waals surface area contributed by atoms with E-state index in [9.17, 15) is 10.2 Å². The predicted molar refractivity (Wildman–Crippen MR) is 164 cm³/mol. The van der Waals surface area contributed by atoms with E-state index in [-0.39, 0.29) is 23.7 Å². The van der Waals surface area contributed by atoms with E-state index in [4.69, 9.17) is 15.2 Å². The maximum absolute atomic E-state index is 11.4. The molecule has 5 atom stereocenters. The van der Waals surface area contributed by atoms with Gasteiger partial charge in [0.2, 0.25) is 0 Å². The third kappa shape index (κ3) is 5.11. The van der Waals surface area contributed by atoms with E-state index < -0.39 is 12.3 Å². The highest BCUT2D eigenvalue weighted by atomic mass is 16.5. The van der Waals surface area contributed by atoms with Crippen LogP contribution in [0.15, 0.2) is 66.0 Å². The molecular formula is C35H37N3O4. The summed E-state index contributed by atoms with van der Waals surface area (Å²) in [7, 11) is 0. The molecule has 2 aromatic carbocycles. The van der Waals surface area contributed by atoms with Gasteiger partial charge < -0.3 is 35.3 Å². The van der Waals surface area contributed by atoms with Crippen LogP contribution in [0.5, 0.6) is 11.5 Å². The van der Waals surface area contributed by atoms with Crippen molar-refractivity contribution < 1.29 is 19.7 Å². The number of dihydropyridines is 1. The lowest BCUT2D eigenvalue weighted by atomic mass is 9.83. The van der Waals surface area contributed by atoms with E-state index in [0.717, 1.165) is 63.7 Å². The maximum atomic E-state index is 11.4. The molecule has 8 rings (SSSR count). The number of phenolic OH excluding ortho intramolecular Hbond substituents is 1. The summed E-state index contributed by atoms with van der Waals surface area (Å²) < 4.78 is 15.0. The van der Waals surface area contributed by atoms with Crippen LogP contribution in [0, 0.1) is 23.7 Å². The fourth-order valence-electron chi connectivity index (χ4n) is 6.61. The number of aliphatic hydroxyl groups is 1. The number of rotatable bonds is 0. The summed E-state index contributed by atoms with van der Waals surface area (Å²) in [4.78, 5) is 0. The van der Waals surface area contributed by atoms with Crippen molar-refractivity contribution in [2.75, 3.05) is 6.61 Å². The van der Waals surface area contributed by atoms with Gasteiger partial charge in [0.05, 0.1) is 25.0 Å². The second-order valence-electron chi connectivity index (χ2n) is 12.0. The zero-order valence-electron chi connectivity index (χ0n) is 23.8. The number of aromatic hydroxyl groups is 1. The van der Waals surface area contributed by atoms with Gasteiger partial charge in [0, 0.05) is 58.1 Å². The van der Waals surface area contributed by atoms with Crippen molar-refractivity contribution in [2.24, 2.45) is 17.6 Å². The summed E-state index contributed by atoms with van der Waals surface area (Å²) in [6.45, 7) is 2.82. The van der Waals surface area contributed by atoms with Crippen molar-refractivity contribution in [1.82, 2.24) is 9.88 Å². The van der Waals surface area contributed by atoms with Crippen LogP contribution in [0.3, 0.4) is 0 Å². The van der Waals surface area contributed by atoms with E-state index in [1.54, 1.807) is 6.07 Å². The van der Waals surface area contributed by atoms with Crippen LogP contribution in [0.4, 0.5) is 0 Å². The molecule has 3 aromatic rings. The van der Waals surface area contributed by atoms with Crippen LogP contribution < -0.4 is 15.8 Å². The van der Waals surface area contributed by atoms with Gasteiger partial charge in [-0.25, -0.2) is 0 Å². The summed E-state index contributed by atoms with van der Waals surface area (Å²) in [5, 5.41) is 27.8. The molecule has 0 fully saturated rings. The zero-order chi connectivity index (χ0) is 28.8. The molecule has 0 spiro atoms. The summed E-state index contributed by atoms with van der Waals surface area (Å²) >= 11 is 0. The van der Waals surface area contributed by atoms with Crippen molar-refractivity contribution in [3.8, 4) is 23.3 Å². The van der Waals surface area contributed by atoms with Crippen LogP contribution >= 0.6 is 0 Å². The van der Waals surface area contributed by atoms with E-state index in [0.29, 0.717) is 31.8 Å². The Labute approximate surface area is 246 Å². The molecule has 7 nitrogen and oxygen atoms in total. The average molecular weight is 564 g/mol. The van der Waals surface area contributed by atoms with E-state index >= 15 is 0 Å². The molecule has 0 saturated heterocycles. The Morgan fingerprint density at radius 3 is 2.90 bits per heavy atom. The van der Waals surface area contributed by atoms with Crippen molar-refractivity contribution in [3.63, 3.8) is 0 Å². The number of ether oxygens (including phenoxy) is 2. The molecule has 0 amide bonds. The number of benzene rings is 2.